The molecule has 5 aliphatic carbocycles. The van der Waals surface area contributed by atoms with Crippen LogP contribution in [0.25, 0.3) is 0 Å². The number of unbranched alkanes of at least 4 members (excludes halogenated alkanes) is 15. The van der Waals surface area contributed by atoms with Crippen molar-refractivity contribution >= 4 is 47.5 Å². The van der Waals surface area contributed by atoms with Crippen LogP contribution >= 0.6 is 47.5 Å². The van der Waals surface area contributed by atoms with E-state index in [1.165, 1.54) is 150 Å². The van der Waals surface area contributed by atoms with Gasteiger partial charge in [0.15, 0.2) is 0 Å². The highest BCUT2D eigenvalue weighted by Crippen LogP contribution is 2.70. The number of hydrogen-bond acceptors (Lipinski definition) is 0. The predicted molar refractivity (Wildman–Crippen MR) is 340 cm³/mol. The molecule has 5 aliphatic rings. The van der Waals surface area contributed by atoms with E-state index in [0.717, 1.165) is 0 Å². The zero-order valence-electron chi connectivity index (χ0n) is 48.8. The molecule has 414 valence electrons. The summed E-state index contributed by atoms with van der Waals surface area (Å²) >= 11 is 0. The molecule has 0 unspecified atom stereocenters. The Morgan fingerprint density at radius 1 is 0.229 bits per heavy atom. The molecule has 0 amide bonds. The van der Waals surface area contributed by atoms with E-state index in [2.05, 4.69) is 34.6 Å². The molecule has 6 heteroatoms. The minimum Gasteiger partial charge on any atom is -0.102 e. The van der Waals surface area contributed by atoms with Crippen LogP contribution in [0.1, 0.15) is 324 Å². The Hall–Kier alpha value is 2.58. The van der Waals surface area contributed by atoms with E-state index in [-0.39, 0.29) is 0 Å². The molecular formula is C64H128P6. The third-order valence-corrected chi connectivity index (χ3v) is 42.4. The average Bonchev–Trinajstić information content (AvgIpc) is 3.41. The van der Waals surface area contributed by atoms with Gasteiger partial charge in [-0.25, -0.2) is 0 Å². The summed E-state index contributed by atoms with van der Waals surface area (Å²) in [6.45, 7) is 11.8. The molecule has 70 heavy (non-hydrogen) atoms. The molecule has 5 saturated carbocycles. The van der Waals surface area contributed by atoms with Crippen molar-refractivity contribution in [2.75, 3.05) is 54.4 Å². The first kappa shape index (κ1) is 65.1. The third-order valence-electron chi connectivity index (χ3n) is 18.4. The van der Waals surface area contributed by atoms with Gasteiger partial charge in [-0.15, -0.1) is 15.8 Å². The Bertz CT molecular complexity index is 989. The Morgan fingerprint density at radius 3 is 0.700 bits per heavy atom. The molecule has 0 radical (unpaired) electrons. The largest absolute Gasteiger partial charge is 0.102 e. The van der Waals surface area contributed by atoms with Crippen LogP contribution in [-0.4, -0.2) is 82.7 Å². The Labute approximate surface area is 451 Å². The van der Waals surface area contributed by atoms with Crippen molar-refractivity contribution in [2.45, 2.75) is 352 Å². The van der Waals surface area contributed by atoms with Crippen molar-refractivity contribution < 1.29 is 0 Å². The van der Waals surface area contributed by atoms with Crippen molar-refractivity contribution in [1.82, 2.24) is 0 Å². The van der Waals surface area contributed by atoms with Crippen LogP contribution in [-0.2, 0) is 0 Å². The highest BCUT2D eigenvalue weighted by molar-refractivity contribution is 7.82. The van der Waals surface area contributed by atoms with Gasteiger partial charge in [-0.2, -0.15) is 0 Å². The van der Waals surface area contributed by atoms with E-state index in [1.54, 1.807) is 210 Å². The summed E-state index contributed by atoms with van der Waals surface area (Å²) in [6, 6.07) is 0. The fourth-order valence-electron chi connectivity index (χ4n) is 13.9. The molecule has 0 aromatic rings. The molecule has 0 aromatic carbocycles. The molecule has 5 fully saturated rings. The van der Waals surface area contributed by atoms with Gasteiger partial charge in [-0.05, 0) is 179 Å². The smallest absolute Gasteiger partial charge is 0.0110 e. The Morgan fingerprint density at radius 2 is 0.457 bits per heavy atom. The van der Waals surface area contributed by atoms with Gasteiger partial charge in [-0.1, -0.05) is 259 Å². The lowest BCUT2D eigenvalue weighted by molar-refractivity contribution is 0.484. The van der Waals surface area contributed by atoms with E-state index >= 15 is 0 Å². The summed E-state index contributed by atoms with van der Waals surface area (Å²) < 4.78 is 0. The van der Waals surface area contributed by atoms with Crippen LogP contribution in [0.3, 0.4) is 0 Å². The summed E-state index contributed by atoms with van der Waals surface area (Å²) in [5.41, 5.74) is 5.93. The molecule has 0 atom stereocenters. The lowest BCUT2D eigenvalue weighted by Gasteiger charge is -2.46. The fourth-order valence-corrected chi connectivity index (χ4v) is 43.3. The normalized spacial score (nSPS) is 19.9. The van der Waals surface area contributed by atoms with Crippen molar-refractivity contribution in [1.29, 1.82) is 0 Å². The lowest BCUT2D eigenvalue weighted by Crippen LogP contribution is -2.26. The van der Waals surface area contributed by atoms with Crippen LogP contribution in [0.2, 0.25) is 0 Å². The van der Waals surface area contributed by atoms with Crippen molar-refractivity contribution in [3.8, 4) is 0 Å². The zero-order chi connectivity index (χ0) is 49.5. The molecule has 0 saturated heterocycles. The van der Waals surface area contributed by atoms with Gasteiger partial charge >= 0.3 is 0 Å². The second kappa shape index (κ2) is 44.4. The van der Waals surface area contributed by atoms with Crippen molar-refractivity contribution in [3.63, 3.8) is 0 Å². The predicted octanol–water partition coefficient (Wildman–Crippen LogP) is 25.3. The first-order valence-electron chi connectivity index (χ1n) is 33.0. The Kier molecular flexibility index (Phi) is 41.3. The highest BCUT2D eigenvalue weighted by Gasteiger charge is 2.39. The molecule has 0 bridgehead atoms. The van der Waals surface area contributed by atoms with Crippen molar-refractivity contribution in [3.05, 3.63) is 0 Å². The van der Waals surface area contributed by atoms with Gasteiger partial charge in [0.1, 0.15) is 0 Å². The minimum absolute atomic E-state index is 0.301. The molecule has 5 rings (SSSR count). The molecule has 0 N–H and O–H groups in total. The maximum Gasteiger partial charge on any atom is -0.0110 e. The summed E-state index contributed by atoms with van der Waals surface area (Å²) in [4.78, 5) is 0. The summed E-state index contributed by atoms with van der Waals surface area (Å²) in [6.07, 6.45) is 77.4. The van der Waals surface area contributed by atoms with Gasteiger partial charge in [-0.3, -0.25) is 0 Å². The Balaban J connectivity index is 0.000000305. The van der Waals surface area contributed by atoms with Gasteiger partial charge < -0.3 is 0 Å². The van der Waals surface area contributed by atoms with Crippen LogP contribution in [0.15, 0.2) is 0 Å². The quantitative estimate of drug-likeness (QED) is 0.0427. The van der Waals surface area contributed by atoms with Crippen LogP contribution in [0.4, 0.5) is 0 Å². The molecule has 0 aliphatic heterocycles. The summed E-state index contributed by atoms with van der Waals surface area (Å²) in [5.74, 6) is 7.03. The lowest BCUT2D eigenvalue weighted by atomic mass is 9.99. The van der Waals surface area contributed by atoms with E-state index in [9.17, 15) is 0 Å². The number of hydrogen-bond donors (Lipinski definition) is 0. The zero-order valence-corrected chi connectivity index (χ0v) is 54.1. The molecule has 0 heterocycles. The van der Waals surface area contributed by atoms with Crippen LogP contribution in [0, 0.1) is 0 Å². The molecule has 0 nitrogen and oxygen atoms in total. The average molecular weight is 1080 g/mol. The topological polar surface area (TPSA) is 0 Å². The van der Waals surface area contributed by atoms with Crippen LogP contribution in [0.5, 0.6) is 0 Å². The third kappa shape index (κ3) is 29.0. The van der Waals surface area contributed by atoms with E-state index in [0.29, 0.717) is 47.5 Å². The maximum atomic E-state index is 2.38. The van der Waals surface area contributed by atoms with Gasteiger partial charge in [0.05, 0.1) is 0 Å². The first-order valence-corrected chi connectivity index (χ1v) is 43.8. The standard InChI is InChI=1S/C32H59P3.C32H69P3/c1-6-16-28(17-7-1)33(26-34(29-18-8-2-9-19-29)30-20-10-3-11-21-30)27-35(31-22-12-4-13-23-31)32-24-14-5-15-25-32;1-6-11-16-21-26-33(27-22-17-12-7-2)31-35(30-25-20-15-10-5)32-34(28-23-18-13-8-3)29-24-19-14-9-4/h28-32H,1-27H2;6-32H2,1-5H3. The van der Waals surface area contributed by atoms with Crippen molar-refractivity contribution in [2.24, 2.45) is 0 Å². The molecule has 0 spiro atoms. The summed E-state index contributed by atoms with van der Waals surface area (Å²) in [5, 5.41) is 0. The highest BCUT2D eigenvalue weighted by atomic mass is 31.2. The molecule has 0 aromatic heterocycles. The van der Waals surface area contributed by atoms with E-state index in [4.69, 9.17) is 0 Å². The van der Waals surface area contributed by atoms with Gasteiger partial charge in [0.2, 0.25) is 0 Å². The maximum absolute atomic E-state index is 2.38. The van der Waals surface area contributed by atoms with E-state index < -0.39 is 0 Å². The van der Waals surface area contributed by atoms with Crippen LogP contribution < -0.4 is 0 Å². The SMILES string of the molecule is C1CCC(P(CP(C2CCCCC2)C2CCCCC2)CP(C2CCCCC2)C2CCCCC2)CC1.CCCCCCP(CCCCCC)CP(CCCCCC)CP(CCCCCC)CCCCCC. The monoisotopic (exact) mass is 1080 g/mol. The second-order valence-electron chi connectivity index (χ2n) is 24.6. The molecular weight excluding hydrogens is 955 g/mol. The fraction of sp³-hybridized carbons (Fsp3) is 1.00. The minimum atomic E-state index is 0.301. The second-order valence-corrected chi connectivity index (χ2v) is 42.2. The first-order chi connectivity index (χ1) is 34.6. The van der Waals surface area contributed by atoms with E-state index in [1.807, 2.05) is 11.8 Å². The van der Waals surface area contributed by atoms with Gasteiger partial charge in [0.25, 0.3) is 0 Å². The van der Waals surface area contributed by atoms with Gasteiger partial charge in [0, 0.05) is 0 Å². The summed E-state index contributed by atoms with van der Waals surface area (Å²) in [7, 11) is 1.86. The number of rotatable bonds is 38.